The van der Waals surface area contributed by atoms with E-state index in [4.69, 9.17) is 9.84 Å². The minimum absolute atomic E-state index is 0.0259. The quantitative estimate of drug-likeness (QED) is 0.845. The first-order valence-electron chi connectivity index (χ1n) is 6.77. The van der Waals surface area contributed by atoms with E-state index in [1.54, 1.807) is 0 Å². The zero-order valence-corrected chi connectivity index (χ0v) is 11.3. The molecule has 0 aliphatic carbocycles. The Kier molecular flexibility index (Phi) is 4.93. The number of amides is 1. The van der Waals surface area contributed by atoms with Crippen molar-refractivity contribution in [2.45, 2.75) is 25.9 Å². The summed E-state index contributed by atoms with van der Waals surface area (Å²) in [5.74, 6) is 0.0607. The molecule has 1 aromatic rings. The van der Waals surface area contributed by atoms with E-state index in [2.05, 4.69) is 11.4 Å². The number of aliphatic hydroxyl groups is 1. The van der Waals surface area contributed by atoms with Crippen LogP contribution in [0, 0.1) is 5.92 Å². The Morgan fingerprint density at radius 2 is 2.32 bits per heavy atom. The third kappa shape index (κ3) is 3.78. The Labute approximate surface area is 113 Å². The van der Waals surface area contributed by atoms with Crippen molar-refractivity contribution < 1.29 is 14.6 Å². The summed E-state index contributed by atoms with van der Waals surface area (Å²) in [5, 5.41) is 11.8. The van der Waals surface area contributed by atoms with Gasteiger partial charge in [0.25, 0.3) is 0 Å². The third-order valence-electron chi connectivity index (χ3n) is 3.42. The van der Waals surface area contributed by atoms with Gasteiger partial charge in [-0.25, -0.2) is 0 Å². The van der Waals surface area contributed by atoms with Gasteiger partial charge in [0, 0.05) is 13.2 Å². The molecule has 0 spiro atoms. The van der Waals surface area contributed by atoms with Crippen molar-refractivity contribution >= 4 is 5.91 Å². The third-order valence-corrected chi connectivity index (χ3v) is 3.42. The Bertz CT molecular complexity index is 433. The molecule has 0 bridgehead atoms. The number of fused-ring (bicyclic) bond motifs is 1. The molecule has 19 heavy (non-hydrogen) atoms. The normalized spacial score (nSPS) is 19.6. The van der Waals surface area contributed by atoms with E-state index < -0.39 is 0 Å². The molecule has 0 saturated carbocycles. The molecule has 4 nitrogen and oxygen atoms in total. The fourth-order valence-electron chi connectivity index (χ4n) is 2.24. The summed E-state index contributed by atoms with van der Waals surface area (Å²) in [6.07, 6.45) is 1.11. The van der Waals surface area contributed by atoms with Crippen molar-refractivity contribution in [3.05, 3.63) is 35.4 Å². The predicted octanol–water partition coefficient (Wildman–Crippen LogP) is 1.44. The fourth-order valence-corrected chi connectivity index (χ4v) is 2.24. The van der Waals surface area contributed by atoms with E-state index in [1.807, 2.05) is 25.1 Å². The molecule has 0 radical (unpaired) electrons. The van der Waals surface area contributed by atoms with Crippen LogP contribution in [0.2, 0.25) is 0 Å². The first-order chi connectivity index (χ1) is 9.20. The van der Waals surface area contributed by atoms with Crippen molar-refractivity contribution in [1.82, 2.24) is 5.32 Å². The first kappa shape index (κ1) is 14.0. The molecule has 2 atom stereocenters. The topological polar surface area (TPSA) is 58.6 Å². The van der Waals surface area contributed by atoms with Gasteiger partial charge in [0.1, 0.15) is 0 Å². The maximum Gasteiger partial charge on any atom is 0.222 e. The Hall–Kier alpha value is -1.39. The molecule has 2 unspecified atom stereocenters. The van der Waals surface area contributed by atoms with Crippen LogP contribution in [0.15, 0.2) is 24.3 Å². The summed E-state index contributed by atoms with van der Waals surface area (Å²) in [5.41, 5.74) is 2.40. The van der Waals surface area contributed by atoms with Gasteiger partial charge in [0.15, 0.2) is 0 Å². The van der Waals surface area contributed by atoms with Gasteiger partial charge in [-0.05, 0) is 23.5 Å². The van der Waals surface area contributed by atoms with Crippen LogP contribution < -0.4 is 5.32 Å². The van der Waals surface area contributed by atoms with Crippen molar-refractivity contribution in [1.29, 1.82) is 0 Å². The van der Waals surface area contributed by atoms with E-state index in [1.165, 1.54) is 5.56 Å². The second kappa shape index (κ2) is 6.68. The molecule has 104 valence electrons. The second-order valence-corrected chi connectivity index (χ2v) is 5.10. The summed E-state index contributed by atoms with van der Waals surface area (Å²) in [6, 6.07) is 8.12. The van der Waals surface area contributed by atoms with Crippen molar-refractivity contribution in [2.24, 2.45) is 5.92 Å². The zero-order valence-electron chi connectivity index (χ0n) is 11.3. The van der Waals surface area contributed by atoms with Crippen LogP contribution in [0.3, 0.4) is 0 Å². The molecule has 2 N–H and O–H groups in total. The lowest BCUT2D eigenvalue weighted by Crippen LogP contribution is -2.31. The average Bonchev–Trinajstić information content (AvgIpc) is 2.45. The van der Waals surface area contributed by atoms with Crippen LogP contribution in [0.5, 0.6) is 0 Å². The fraction of sp³-hybridized carbons (Fsp3) is 0.533. The molecule has 1 aliphatic rings. The largest absolute Gasteiger partial charge is 0.396 e. The molecule has 2 rings (SSSR count). The van der Waals surface area contributed by atoms with E-state index in [0.29, 0.717) is 19.6 Å². The highest BCUT2D eigenvalue weighted by molar-refractivity contribution is 5.76. The van der Waals surface area contributed by atoms with Gasteiger partial charge in [-0.3, -0.25) is 4.79 Å². The SMILES string of the molecule is CC(CO)CNC(=O)CC1OCCc2ccccc21. The van der Waals surface area contributed by atoms with Crippen molar-refractivity contribution in [3.63, 3.8) is 0 Å². The highest BCUT2D eigenvalue weighted by Crippen LogP contribution is 2.29. The average molecular weight is 263 g/mol. The molecule has 1 aromatic carbocycles. The molecule has 1 amide bonds. The number of rotatable bonds is 5. The smallest absolute Gasteiger partial charge is 0.222 e. The second-order valence-electron chi connectivity index (χ2n) is 5.10. The van der Waals surface area contributed by atoms with Crippen LogP contribution in [0.4, 0.5) is 0 Å². The maximum atomic E-state index is 11.9. The summed E-state index contributed by atoms with van der Waals surface area (Å²) < 4.78 is 5.70. The van der Waals surface area contributed by atoms with Crippen molar-refractivity contribution in [2.75, 3.05) is 19.8 Å². The minimum atomic E-state index is -0.144. The molecule has 0 aromatic heterocycles. The molecule has 1 heterocycles. The van der Waals surface area contributed by atoms with Gasteiger partial charge in [-0.1, -0.05) is 31.2 Å². The highest BCUT2D eigenvalue weighted by atomic mass is 16.5. The van der Waals surface area contributed by atoms with Gasteiger partial charge >= 0.3 is 0 Å². The molecular weight excluding hydrogens is 242 g/mol. The summed E-state index contributed by atoms with van der Waals surface area (Å²) in [7, 11) is 0. The van der Waals surface area contributed by atoms with E-state index in [0.717, 1.165) is 12.0 Å². The zero-order chi connectivity index (χ0) is 13.7. The lowest BCUT2D eigenvalue weighted by molar-refractivity contribution is -0.124. The Morgan fingerprint density at radius 3 is 3.11 bits per heavy atom. The molecule has 1 aliphatic heterocycles. The summed E-state index contributed by atoms with van der Waals surface area (Å²) in [4.78, 5) is 11.9. The number of nitrogens with one attached hydrogen (secondary N) is 1. The van der Waals surface area contributed by atoms with Gasteiger partial charge in [0.2, 0.25) is 5.91 Å². The molecule has 0 saturated heterocycles. The van der Waals surface area contributed by atoms with Crippen LogP contribution in [-0.4, -0.2) is 30.8 Å². The van der Waals surface area contributed by atoms with Crippen LogP contribution >= 0.6 is 0 Å². The number of hydrogen-bond donors (Lipinski definition) is 2. The van der Waals surface area contributed by atoms with Crippen LogP contribution in [-0.2, 0) is 16.0 Å². The van der Waals surface area contributed by atoms with Gasteiger partial charge in [0.05, 0.1) is 19.1 Å². The Balaban J connectivity index is 1.91. The lowest BCUT2D eigenvalue weighted by atomic mass is 9.95. The van der Waals surface area contributed by atoms with Crippen LogP contribution in [0.25, 0.3) is 0 Å². The number of hydrogen-bond acceptors (Lipinski definition) is 3. The van der Waals surface area contributed by atoms with E-state index >= 15 is 0 Å². The number of carbonyl (C=O) groups is 1. The standard InChI is InChI=1S/C15H21NO3/c1-11(10-17)9-16-15(18)8-14-13-5-3-2-4-12(13)6-7-19-14/h2-5,11,14,17H,6-10H2,1H3,(H,16,18). The van der Waals surface area contributed by atoms with E-state index in [9.17, 15) is 4.79 Å². The van der Waals surface area contributed by atoms with Crippen molar-refractivity contribution in [3.8, 4) is 0 Å². The molecule has 0 fully saturated rings. The maximum absolute atomic E-state index is 11.9. The summed E-state index contributed by atoms with van der Waals surface area (Å²) in [6.45, 7) is 3.15. The highest BCUT2D eigenvalue weighted by Gasteiger charge is 2.22. The van der Waals surface area contributed by atoms with Gasteiger partial charge in [-0.15, -0.1) is 0 Å². The lowest BCUT2D eigenvalue weighted by Gasteiger charge is -2.25. The first-order valence-corrected chi connectivity index (χ1v) is 6.77. The van der Waals surface area contributed by atoms with Gasteiger partial charge in [-0.2, -0.15) is 0 Å². The molecule has 4 heteroatoms. The van der Waals surface area contributed by atoms with Gasteiger partial charge < -0.3 is 15.2 Å². The number of benzene rings is 1. The minimum Gasteiger partial charge on any atom is -0.396 e. The summed E-state index contributed by atoms with van der Waals surface area (Å²) >= 11 is 0. The Morgan fingerprint density at radius 1 is 1.53 bits per heavy atom. The van der Waals surface area contributed by atoms with Crippen LogP contribution in [0.1, 0.15) is 30.6 Å². The van der Waals surface area contributed by atoms with E-state index in [-0.39, 0.29) is 24.5 Å². The number of ether oxygens (including phenoxy) is 1. The number of aliphatic hydroxyl groups excluding tert-OH is 1. The molecular formula is C15H21NO3. The monoisotopic (exact) mass is 263 g/mol. The number of carbonyl (C=O) groups excluding carboxylic acids is 1. The predicted molar refractivity (Wildman–Crippen MR) is 72.7 cm³/mol.